The Labute approximate surface area is 66.5 Å². The van der Waals surface area contributed by atoms with Gasteiger partial charge in [0.1, 0.15) is 7.85 Å². The summed E-state index contributed by atoms with van der Waals surface area (Å²) in [6, 6.07) is 7.74. The first kappa shape index (κ1) is 6.41. The molecular formula is C9H6BN. The SMILES string of the molecule is [B]c1cccc2cnccc12. The molecule has 1 aromatic heterocycles. The van der Waals surface area contributed by atoms with Gasteiger partial charge in [-0.2, -0.15) is 0 Å². The van der Waals surface area contributed by atoms with Crippen LogP contribution in [0, 0.1) is 0 Å². The minimum absolute atomic E-state index is 0.810. The second-order valence-corrected chi connectivity index (χ2v) is 2.44. The lowest BCUT2D eigenvalue weighted by atomic mass is 9.91. The largest absolute Gasteiger partial charge is 0.264 e. The second-order valence-electron chi connectivity index (χ2n) is 2.44. The molecule has 0 unspecified atom stereocenters. The molecule has 2 heteroatoms. The highest BCUT2D eigenvalue weighted by molar-refractivity contribution is 6.38. The van der Waals surface area contributed by atoms with Crippen LogP contribution in [0.2, 0.25) is 0 Å². The molecule has 50 valence electrons. The maximum Gasteiger partial charge on any atom is 0.114 e. The van der Waals surface area contributed by atoms with Crippen LogP contribution in [0.15, 0.2) is 36.7 Å². The number of aromatic nitrogens is 1. The first-order chi connectivity index (χ1) is 5.38. The van der Waals surface area contributed by atoms with Crippen LogP contribution in [0.3, 0.4) is 0 Å². The van der Waals surface area contributed by atoms with Crippen molar-refractivity contribution >= 4 is 24.1 Å². The fourth-order valence-corrected chi connectivity index (χ4v) is 1.15. The molecule has 0 aliphatic rings. The van der Waals surface area contributed by atoms with Gasteiger partial charge in [-0.1, -0.05) is 23.7 Å². The molecule has 2 aromatic rings. The smallest absolute Gasteiger partial charge is 0.114 e. The number of pyridine rings is 1. The van der Waals surface area contributed by atoms with E-state index in [1.54, 1.807) is 6.20 Å². The van der Waals surface area contributed by atoms with Crippen molar-refractivity contribution in [3.63, 3.8) is 0 Å². The molecule has 0 aliphatic carbocycles. The Balaban J connectivity index is 2.91. The molecule has 1 aromatic carbocycles. The summed E-state index contributed by atoms with van der Waals surface area (Å²) in [5.41, 5.74) is 0.810. The van der Waals surface area contributed by atoms with Crippen molar-refractivity contribution in [3.05, 3.63) is 36.7 Å². The number of nitrogens with zero attached hydrogens (tertiary/aromatic N) is 1. The molecule has 0 aliphatic heterocycles. The van der Waals surface area contributed by atoms with E-state index in [2.05, 4.69) is 4.98 Å². The molecule has 0 bridgehead atoms. The third kappa shape index (κ3) is 1.00. The van der Waals surface area contributed by atoms with Gasteiger partial charge >= 0.3 is 0 Å². The lowest BCUT2D eigenvalue weighted by Gasteiger charge is -1.98. The van der Waals surface area contributed by atoms with E-state index in [-0.39, 0.29) is 0 Å². The van der Waals surface area contributed by atoms with Crippen LogP contribution in [-0.4, -0.2) is 12.8 Å². The summed E-state index contributed by atoms with van der Waals surface area (Å²) in [5.74, 6) is 0. The van der Waals surface area contributed by atoms with Crippen molar-refractivity contribution < 1.29 is 0 Å². The van der Waals surface area contributed by atoms with Crippen molar-refractivity contribution in [2.45, 2.75) is 0 Å². The van der Waals surface area contributed by atoms with Gasteiger partial charge in [0.2, 0.25) is 0 Å². The normalized spacial score (nSPS) is 10.2. The van der Waals surface area contributed by atoms with Gasteiger partial charge in [-0.25, -0.2) is 0 Å². The maximum absolute atomic E-state index is 5.73. The zero-order valence-corrected chi connectivity index (χ0v) is 5.99. The summed E-state index contributed by atoms with van der Waals surface area (Å²) in [4.78, 5) is 4.00. The average molecular weight is 139 g/mol. The molecule has 0 saturated carbocycles. The first-order valence-electron chi connectivity index (χ1n) is 3.46. The molecule has 11 heavy (non-hydrogen) atoms. The summed E-state index contributed by atoms with van der Waals surface area (Å²) in [6.07, 6.45) is 3.56. The summed E-state index contributed by atoms with van der Waals surface area (Å²) in [5, 5.41) is 2.16. The highest BCUT2D eigenvalue weighted by Crippen LogP contribution is 2.07. The average Bonchev–Trinajstić information content (AvgIpc) is 2.06. The highest BCUT2D eigenvalue weighted by Gasteiger charge is 1.92. The predicted octanol–water partition coefficient (Wildman–Crippen LogP) is 1.03. The van der Waals surface area contributed by atoms with Gasteiger partial charge in [-0.3, -0.25) is 4.98 Å². The lowest BCUT2D eigenvalue weighted by molar-refractivity contribution is 1.37. The van der Waals surface area contributed by atoms with Crippen molar-refractivity contribution in [2.75, 3.05) is 0 Å². The second kappa shape index (κ2) is 2.38. The summed E-state index contributed by atoms with van der Waals surface area (Å²) >= 11 is 0. The summed E-state index contributed by atoms with van der Waals surface area (Å²) in [7, 11) is 5.73. The van der Waals surface area contributed by atoms with E-state index in [0.717, 1.165) is 16.2 Å². The van der Waals surface area contributed by atoms with E-state index in [0.29, 0.717) is 0 Å². The number of benzene rings is 1. The molecule has 0 spiro atoms. The maximum atomic E-state index is 5.73. The van der Waals surface area contributed by atoms with Crippen molar-refractivity contribution in [2.24, 2.45) is 0 Å². The van der Waals surface area contributed by atoms with Gasteiger partial charge in [0.05, 0.1) is 0 Å². The third-order valence-corrected chi connectivity index (χ3v) is 1.71. The topological polar surface area (TPSA) is 12.9 Å². The Morgan fingerprint density at radius 2 is 2.09 bits per heavy atom. The fraction of sp³-hybridized carbons (Fsp3) is 0. The molecule has 2 rings (SSSR count). The van der Waals surface area contributed by atoms with Crippen molar-refractivity contribution in [1.29, 1.82) is 0 Å². The standard InChI is InChI=1S/C9H6BN/c10-9-3-1-2-7-6-11-5-4-8(7)9/h1-6H. The zero-order chi connectivity index (χ0) is 7.68. The highest BCUT2D eigenvalue weighted by atomic mass is 14.6. The lowest BCUT2D eigenvalue weighted by Crippen LogP contribution is -2.02. The molecule has 1 nitrogen and oxygen atoms in total. The van der Waals surface area contributed by atoms with Gasteiger partial charge < -0.3 is 0 Å². The molecule has 0 saturated heterocycles. The zero-order valence-electron chi connectivity index (χ0n) is 5.99. The van der Waals surface area contributed by atoms with Gasteiger partial charge in [0, 0.05) is 12.4 Å². The third-order valence-electron chi connectivity index (χ3n) is 1.71. The number of hydrogen-bond acceptors (Lipinski definition) is 1. The number of rotatable bonds is 0. The summed E-state index contributed by atoms with van der Waals surface area (Å²) < 4.78 is 0. The van der Waals surface area contributed by atoms with Gasteiger partial charge in [-0.15, -0.1) is 0 Å². The Morgan fingerprint density at radius 3 is 2.91 bits per heavy atom. The van der Waals surface area contributed by atoms with Crippen molar-refractivity contribution in [3.8, 4) is 0 Å². The van der Waals surface area contributed by atoms with Gasteiger partial charge in [0.25, 0.3) is 0 Å². The van der Waals surface area contributed by atoms with E-state index in [1.807, 2.05) is 30.5 Å². The molecule has 0 fully saturated rings. The van der Waals surface area contributed by atoms with Crippen LogP contribution >= 0.6 is 0 Å². The van der Waals surface area contributed by atoms with Crippen LogP contribution in [0.1, 0.15) is 0 Å². The van der Waals surface area contributed by atoms with Crippen LogP contribution < -0.4 is 5.46 Å². The molecule has 2 radical (unpaired) electrons. The Bertz CT molecular complexity index is 379. The van der Waals surface area contributed by atoms with E-state index in [4.69, 9.17) is 7.85 Å². The van der Waals surface area contributed by atoms with Crippen LogP contribution in [0.4, 0.5) is 0 Å². The Morgan fingerprint density at radius 1 is 1.18 bits per heavy atom. The number of fused-ring (bicyclic) bond motifs is 1. The summed E-state index contributed by atoms with van der Waals surface area (Å²) in [6.45, 7) is 0. The van der Waals surface area contributed by atoms with E-state index in [1.165, 1.54) is 0 Å². The van der Waals surface area contributed by atoms with Crippen LogP contribution in [0.25, 0.3) is 10.8 Å². The molecule has 0 amide bonds. The van der Waals surface area contributed by atoms with E-state index in [9.17, 15) is 0 Å². The van der Waals surface area contributed by atoms with Crippen LogP contribution in [-0.2, 0) is 0 Å². The molecule has 0 atom stereocenters. The van der Waals surface area contributed by atoms with Gasteiger partial charge in [-0.05, 0) is 16.8 Å². The van der Waals surface area contributed by atoms with Gasteiger partial charge in [0.15, 0.2) is 0 Å². The Hall–Kier alpha value is -1.31. The minimum Gasteiger partial charge on any atom is -0.264 e. The molecular weight excluding hydrogens is 133 g/mol. The Kier molecular flexibility index (Phi) is 1.39. The van der Waals surface area contributed by atoms with Crippen LogP contribution in [0.5, 0.6) is 0 Å². The van der Waals surface area contributed by atoms with E-state index >= 15 is 0 Å². The molecule has 1 heterocycles. The van der Waals surface area contributed by atoms with E-state index < -0.39 is 0 Å². The monoisotopic (exact) mass is 139 g/mol. The quantitative estimate of drug-likeness (QED) is 0.496. The number of hydrogen-bond donors (Lipinski definition) is 0. The van der Waals surface area contributed by atoms with Crippen molar-refractivity contribution in [1.82, 2.24) is 4.98 Å². The fourth-order valence-electron chi connectivity index (χ4n) is 1.15. The first-order valence-corrected chi connectivity index (χ1v) is 3.46. The minimum atomic E-state index is 0.810. The predicted molar refractivity (Wildman–Crippen MR) is 47.1 cm³/mol. The molecule has 0 N–H and O–H groups in total.